The zero-order valence-corrected chi connectivity index (χ0v) is 14.1. The predicted octanol–water partition coefficient (Wildman–Crippen LogP) is 2.72. The number of hydrogen-bond acceptors (Lipinski definition) is 4. The Morgan fingerprint density at radius 2 is 1.71 bits per heavy atom. The lowest BCUT2D eigenvalue weighted by Gasteiger charge is -2.17. The summed E-state index contributed by atoms with van der Waals surface area (Å²) in [5, 5.41) is 14.5. The van der Waals surface area contributed by atoms with Crippen molar-refractivity contribution in [2.75, 3.05) is 0 Å². The Hall–Kier alpha value is -3.82. The molecule has 7 nitrogen and oxygen atoms in total. The molecule has 1 aromatic heterocycles. The molecule has 0 spiro atoms. The van der Waals surface area contributed by atoms with E-state index in [9.17, 15) is 27.9 Å². The fraction of sp³-hybridized carbons (Fsp3) is 0.0556. The third kappa shape index (κ3) is 3.39. The summed E-state index contributed by atoms with van der Waals surface area (Å²) in [4.78, 5) is 23.7. The average Bonchev–Trinajstić information content (AvgIpc) is 2.64. The quantitative estimate of drug-likeness (QED) is 0.472. The molecular weight excluding hydrogens is 377 g/mol. The second-order valence-corrected chi connectivity index (χ2v) is 5.67. The van der Waals surface area contributed by atoms with E-state index in [1.165, 1.54) is 30.3 Å². The number of primary amides is 1. The Labute approximate surface area is 155 Å². The topological polar surface area (TPSA) is 110 Å². The molecule has 0 aliphatic carbocycles. The number of amides is 2. The number of nitrogens with one attached hydrogen (secondary N) is 1. The van der Waals surface area contributed by atoms with Crippen LogP contribution in [0.5, 0.6) is 5.88 Å². The highest BCUT2D eigenvalue weighted by atomic mass is 19.4. The first-order chi connectivity index (χ1) is 13.2. The lowest BCUT2D eigenvalue weighted by Crippen LogP contribution is -2.25. The monoisotopic (exact) mass is 390 g/mol. The molecule has 28 heavy (non-hydrogen) atoms. The van der Waals surface area contributed by atoms with Crippen molar-refractivity contribution in [3.05, 3.63) is 70.0 Å². The van der Waals surface area contributed by atoms with Crippen molar-refractivity contribution in [2.45, 2.75) is 6.18 Å². The Balaban J connectivity index is 2.39. The largest absolute Gasteiger partial charge is 0.494 e. The predicted molar refractivity (Wildman–Crippen MR) is 96.5 cm³/mol. The molecule has 1 heterocycles. The maximum atomic E-state index is 13.4. The number of fused-ring (bicyclic) bond motifs is 1. The number of carbonyl (C=O) groups excluding carboxylic acids is 1. The lowest BCUT2D eigenvalue weighted by atomic mass is 10.1. The highest BCUT2D eigenvalue weighted by Crippen LogP contribution is 2.35. The number of halogens is 3. The Morgan fingerprint density at radius 3 is 2.36 bits per heavy atom. The molecule has 2 amide bonds. The summed E-state index contributed by atoms with van der Waals surface area (Å²) in [5.41, 5.74) is 4.29. The van der Waals surface area contributed by atoms with Crippen LogP contribution in [0, 0.1) is 0 Å². The third-order valence-electron chi connectivity index (χ3n) is 3.92. The van der Waals surface area contributed by atoms with E-state index in [4.69, 9.17) is 5.73 Å². The van der Waals surface area contributed by atoms with Gasteiger partial charge in [-0.3, -0.25) is 4.79 Å². The van der Waals surface area contributed by atoms with E-state index in [0.717, 1.165) is 18.3 Å². The third-order valence-corrected chi connectivity index (χ3v) is 3.92. The molecule has 0 unspecified atom stereocenters. The van der Waals surface area contributed by atoms with E-state index in [1.807, 2.05) is 5.43 Å². The van der Waals surface area contributed by atoms with Gasteiger partial charge in [0.1, 0.15) is 0 Å². The zero-order chi connectivity index (χ0) is 20.5. The van der Waals surface area contributed by atoms with Gasteiger partial charge in [-0.2, -0.15) is 18.3 Å². The number of aromatic nitrogens is 1. The van der Waals surface area contributed by atoms with Gasteiger partial charge in [0, 0.05) is 10.8 Å². The zero-order valence-electron chi connectivity index (χ0n) is 14.1. The number of urea groups is 1. The van der Waals surface area contributed by atoms with Gasteiger partial charge in [0.15, 0.2) is 0 Å². The van der Waals surface area contributed by atoms with Crippen LogP contribution in [0.2, 0.25) is 0 Å². The fourth-order valence-corrected chi connectivity index (χ4v) is 2.78. The SMILES string of the molecule is NC(=O)N/N=C/c1c(O)n(-c2ccccc2C(F)(F)F)c(=O)c2ccccc12. The summed E-state index contributed by atoms with van der Waals surface area (Å²) in [7, 11) is 0. The van der Waals surface area contributed by atoms with Gasteiger partial charge in [0.2, 0.25) is 5.88 Å². The van der Waals surface area contributed by atoms with Gasteiger partial charge >= 0.3 is 12.2 Å². The van der Waals surface area contributed by atoms with Crippen molar-refractivity contribution in [3.63, 3.8) is 0 Å². The molecule has 144 valence electrons. The summed E-state index contributed by atoms with van der Waals surface area (Å²) < 4.78 is 40.8. The van der Waals surface area contributed by atoms with E-state index in [1.54, 1.807) is 6.07 Å². The number of benzene rings is 2. The number of aromatic hydroxyl groups is 1. The maximum absolute atomic E-state index is 13.4. The molecule has 0 atom stereocenters. The van der Waals surface area contributed by atoms with Gasteiger partial charge < -0.3 is 10.8 Å². The molecule has 0 saturated heterocycles. The van der Waals surface area contributed by atoms with Crippen molar-refractivity contribution in [3.8, 4) is 11.6 Å². The number of carbonyl (C=O) groups is 1. The van der Waals surface area contributed by atoms with Crippen LogP contribution >= 0.6 is 0 Å². The van der Waals surface area contributed by atoms with Gasteiger partial charge in [0.25, 0.3) is 5.56 Å². The van der Waals surface area contributed by atoms with Crippen LogP contribution in [-0.2, 0) is 6.18 Å². The molecule has 10 heteroatoms. The molecule has 0 radical (unpaired) electrons. The Morgan fingerprint density at radius 1 is 1.11 bits per heavy atom. The van der Waals surface area contributed by atoms with Crippen LogP contribution in [0.3, 0.4) is 0 Å². The van der Waals surface area contributed by atoms with E-state index in [-0.39, 0.29) is 16.3 Å². The summed E-state index contributed by atoms with van der Waals surface area (Å²) >= 11 is 0. The van der Waals surface area contributed by atoms with Gasteiger partial charge in [-0.1, -0.05) is 30.3 Å². The summed E-state index contributed by atoms with van der Waals surface area (Å²) in [6, 6.07) is 9.39. The van der Waals surface area contributed by atoms with Crippen molar-refractivity contribution in [1.82, 2.24) is 9.99 Å². The molecular formula is C18H13F3N4O3. The fourth-order valence-electron chi connectivity index (χ4n) is 2.78. The smallest absolute Gasteiger partial charge is 0.418 e. The number of alkyl halides is 3. The number of hydrazone groups is 1. The molecule has 0 bridgehead atoms. The van der Waals surface area contributed by atoms with Crippen LogP contribution in [0.4, 0.5) is 18.0 Å². The van der Waals surface area contributed by atoms with Crippen molar-refractivity contribution < 1.29 is 23.1 Å². The minimum atomic E-state index is -4.75. The first-order valence-electron chi connectivity index (χ1n) is 7.83. The van der Waals surface area contributed by atoms with E-state index < -0.39 is 34.9 Å². The molecule has 3 aromatic rings. The molecule has 2 aromatic carbocycles. The van der Waals surface area contributed by atoms with Crippen molar-refractivity contribution in [1.29, 1.82) is 0 Å². The molecule has 0 aliphatic rings. The molecule has 0 saturated carbocycles. The first-order valence-corrected chi connectivity index (χ1v) is 7.83. The van der Waals surface area contributed by atoms with Crippen molar-refractivity contribution in [2.24, 2.45) is 10.8 Å². The number of rotatable bonds is 3. The molecule has 0 aliphatic heterocycles. The van der Waals surface area contributed by atoms with Gasteiger partial charge in [0.05, 0.1) is 23.0 Å². The highest BCUT2D eigenvalue weighted by molar-refractivity contribution is 6.02. The first kappa shape index (κ1) is 19.0. The van der Waals surface area contributed by atoms with Gasteiger partial charge in [-0.05, 0) is 18.2 Å². The van der Waals surface area contributed by atoms with Crippen LogP contribution in [0.25, 0.3) is 16.5 Å². The van der Waals surface area contributed by atoms with Crippen LogP contribution in [0.15, 0.2) is 58.4 Å². The number of nitrogens with two attached hydrogens (primary N) is 1. The lowest BCUT2D eigenvalue weighted by molar-refractivity contribution is -0.137. The normalized spacial score (nSPS) is 11.8. The summed E-state index contributed by atoms with van der Waals surface area (Å²) in [6.45, 7) is 0. The summed E-state index contributed by atoms with van der Waals surface area (Å²) in [5.74, 6) is -0.768. The van der Waals surface area contributed by atoms with Crippen LogP contribution in [0.1, 0.15) is 11.1 Å². The van der Waals surface area contributed by atoms with E-state index in [2.05, 4.69) is 5.10 Å². The Bertz CT molecular complexity index is 1150. The second kappa shape index (κ2) is 7.06. The second-order valence-electron chi connectivity index (χ2n) is 5.67. The maximum Gasteiger partial charge on any atom is 0.418 e. The number of pyridine rings is 1. The minimum Gasteiger partial charge on any atom is -0.494 e. The van der Waals surface area contributed by atoms with Crippen LogP contribution < -0.4 is 16.7 Å². The Kier molecular flexibility index (Phi) is 4.78. The molecule has 3 rings (SSSR count). The summed E-state index contributed by atoms with van der Waals surface area (Å²) in [6.07, 6.45) is -3.76. The molecule has 4 N–H and O–H groups in total. The molecule has 0 fully saturated rings. The van der Waals surface area contributed by atoms with E-state index in [0.29, 0.717) is 4.57 Å². The average molecular weight is 390 g/mol. The van der Waals surface area contributed by atoms with E-state index >= 15 is 0 Å². The highest BCUT2D eigenvalue weighted by Gasteiger charge is 2.34. The standard InChI is InChI=1S/C18H13F3N4O3/c19-18(20,21)13-7-3-4-8-14(13)25-15(26)11-6-2-1-5-10(11)12(16(25)27)9-23-24-17(22)28/h1-9,27H,(H3,22,24,28)/b23-9+. The van der Waals surface area contributed by atoms with Crippen LogP contribution in [-0.4, -0.2) is 21.9 Å². The number of para-hydroxylation sites is 1. The van der Waals surface area contributed by atoms with Crippen molar-refractivity contribution >= 4 is 23.0 Å². The van der Waals surface area contributed by atoms with Gasteiger partial charge in [-0.15, -0.1) is 0 Å². The van der Waals surface area contributed by atoms with Gasteiger partial charge in [-0.25, -0.2) is 14.8 Å². The minimum absolute atomic E-state index is 0.0535. The number of nitrogens with zero attached hydrogens (tertiary/aromatic N) is 2. The number of hydrogen-bond donors (Lipinski definition) is 3.